The van der Waals surface area contributed by atoms with Crippen LogP contribution in [0.15, 0.2) is 28.1 Å². The summed E-state index contributed by atoms with van der Waals surface area (Å²) in [6.07, 6.45) is 4.97. The molecule has 0 aliphatic carbocycles. The molecule has 0 spiro atoms. The van der Waals surface area contributed by atoms with Crippen LogP contribution in [0.3, 0.4) is 0 Å². The van der Waals surface area contributed by atoms with Crippen LogP contribution in [0.25, 0.3) is 0 Å². The molecule has 3 heteroatoms. The van der Waals surface area contributed by atoms with E-state index in [9.17, 15) is 4.21 Å². The minimum atomic E-state index is -1.08. The van der Waals surface area contributed by atoms with Gasteiger partial charge in [0.2, 0.25) is 0 Å². The summed E-state index contributed by atoms with van der Waals surface area (Å²) in [6.45, 7) is 0. The molecule has 1 aliphatic rings. The smallest absolute Gasteiger partial charge is 0.000794 e. The fraction of sp³-hybridized carbons (Fsp3) is 0. The molecule has 38 valence electrons. The van der Waals surface area contributed by atoms with Crippen LogP contribution < -0.4 is 0 Å². The lowest BCUT2D eigenvalue weighted by atomic mass is 10.6. The first-order valence-corrected chi connectivity index (χ1v) is 3.01. The van der Waals surface area contributed by atoms with Crippen molar-refractivity contribution in [3.05, 3.63) is 23.8 Å². The van der Waals surface area contributed by atoms with Crippen molar-refractivity contribution in [1.82, 2.24) is 0 Å². The lowest BCUT2D eigenvalue weighted by Gasteiger charge is -1.93. The normalized spacial score (nSPS) is 19.4. The topological polar surface area (TPSA) is 29.4 Å². The molecular weight excluding hydrogens is 110 g/mol. The summed E-state index contributed by atoms with van der Waals surface area (Å²) >= 11 is 0. The van der Waals surface area contributed by atoms with E-state index in [2.05, 4.69) is 4.36 Å². The molecule has 0 radical (unpaired) electrons. The highest BCUT2D eigenvalue weighted by Gasteiger charge is 1.63. The van der Waals surface area contributed by atoms with Gasteiger partial charge in [0, 0.05) is 0 Å². The first-order valence-electron chi connectivity index (χ1n) is 1.84. The molecule has 7 heavy (non-hydrogen) atoms. The minimum Gasteiger partial charge on any atom is -0.440 e. The van der Waals surface area contributed by atoms with Crippen LogP contribution in [0, 0.1) is 0 Å². The lowest BCUT2D eigenvalue weighted by Crippen LogP contribution is -1.65. The molecular formula is C4H4NOS-. The Morgan fingerprint density at radius 3 is 2.57 bits per heavy atom. The third kappa shape index (κ3) is 1.16. The third-order valence-electron chi connectivity index (χ3n) is 0.557. The number of nitrogens with zero attached hydrogens (tertiary/aromatic N) is 1. The summed E-state index contributed by atoms with van der Waals surface area (Å²) in [6, 6.07) is 0. The SMILES string of the molecule is O=[S-]1=NC=CC=C1. The Morgan fingerprint density at radius 1 is 1.43 bits per heavy atom. The van der Waals surface area contributed by atoms with Crippen LogP contribution in [0.2, 0.25) is 0 Å². The van der Waals surface area contributed by atoms with E-state index in [-0.39, 0.29) is 0 Å². The number of rotatable bonds is 0. The Kier molecular flexibility index (Phi) is 1.26. The Morgan fingerprint density at radius 2 is 2.29 bits per heavy atom. The molecule has 0 amide bonds. The number of allylic oxidation sites excluding steroid dienone is 2. The Hall–Kier alpha value is -0.570. The molecule has 0 atom stereocenters. The minimum absolute atomic E-state index is 1.08. The molecule has 1 heterocycles. The van der Waals surface area contributed by atoms with Gasteiger partial charge >= 0.3 is 0 Å². The maximum Gasteiger partial charge on any atom is -0.000794 e. The maximum absolute atomic E-state index is 10.3. The molecule has 0 aromatic heterocycles. The molecule has 0 aromatic rings. The zero-order valence-electron chi connectivity index (χ0n) is 3.57. The lowest BCUT2D eigenvalue weighted by molar-refractivity contribution is 0.604. The second-order valence-corrected chi connectivity index (χ2v) is 2.09. The molecule has 0 aromatic carbocycles. The monoisotopic (exact) mass is 114 g/mol. The quantitative estimate of drug-likeness (QED) is 0.435. The predicted octanol–water partition coefficient (Wildman–Crippen LogP) is 1.17. The van der Waals surface area contributed by atoms with Gasteiger partial charge in [-0.25, -0.2) is 0 Å². The predicted molar refractivity (Wildman–Crippen MR) is 28.8 cm³/mol. The van der Waals surface area contributed by atoms with Crippen molar-refractivity contribution in [3.63, 3.8) is 0 Å². The third-order valence-corrected chi connectivity index (χ3v) is 1.28. The van der Waals surface area contributed by atoms with E-state index in [0.717, 1.165) is 0 Å². The standard InChI is InChI=1S/C4H4NOS/c6-7-4-2-1-3-5-7/h1-4H/q-1. The maximum atomic E-state index is 10.3. The zero-order chi connectivity index (χ0) is 5.11. The molecule has 0 fully saturated rings. The van der Waals surface area contributed by atoms with Crippen LogP contribution in [-0.2, 0) is 14.8 Å². The van der Waals surface area contributed by atoms with Gasteiger partial charge in [-0.3, -0.25) is 0 Å². The second kappa shape index (κ2) is 1.93. The van der Waals surface area contributed by atoms with Gasteiger partial charge in [-0.1, -0.05) is 6.08 Å². The highest BCUT2D eigenvalue weighted by Crippen LogP contribution is 1.89. The van der Waals surface area contributed by atoms with Gasteiger partial charge in [0.15, 0.2) is 0 Å². The molecule has 0 saturated heterocycles. The van der Waals surface area contributed by atoms with Crippen molar-refractivity contribution in [2.24, 2.45) is 4.36 Å². The van der Waals surface area contributed by atoms with E-state index in [1.165, 1.54) is 11.6 Å². The van der Waals surface area contributed by atoms with Gasteiger partial charge in [0.1, 0.15) is 0 Å². The Labute approximate surface area is 43.8 Å². The largest absolute Gasteiger partial charge is 0.440 e. The summed E-state index contributed by atoms with van der Waals surface area (Å²) in [5.74, 6) is 0. The van der Waals surface area contributed by atoms with Crippen LogP contribution in [0.4, 0.5) is 0 Å². The van der Waals surface area contributed by atoms with Crippen LogP contribution in [0.5, 0.6) is 0 Å². The van der Waals surface area contributed by atoms with Crippen LogP contribution in [0.1, 0.15) is 0 Å². The average Bonchev–Trinajstić information content (AvgIpc) is 1.69. The molecule has 0 saturated carbocycles. The summed E-state index contributed by atoms with van der Waals surface area (Å²) in [4.78, 5) is 0. The van der Waals surface area contributed by atoms with E-state index in [1.807, 2.05) is 0 Å². The van der Waals surface area contributed by atoms with Crippen molar-refractivity contribution >= 4 is 10.6 Å². The van der Waals surface area contributed by atoms with E-state index >= 15 is 0 Å². The summed E-state index contributed by atoms with van der Waals surface area (Å²) in [5.41, 5.74) is 0. The van der Waals surface area contributed by atoms with Gasteiger partial charge < -0.3 is 8.57 Å². The van der Waals surface area contributed by atoms with E-state index < -0.39 is 10.6 Å². The van der Waals surface area contributed by atoms with Crippen molar-refractivity contribution in [2.45, 2.75) is 0 Å². The zero-order valence-corrected chi connectivity index (χ0v) is 4.39. The van der Waals surface area contributed by atoms with Crippen molar-refractivity contribution in [2.75, 3.05) is 0 Å². The molecule has 1 rings (SSSR count). The van der Waals surface area contributed by atoms with Crippen molar-refractivity contribution in [1.29, 1.82) is 0 Å². The number of hydrogen-bond acceptors (Lipinski definition) is 3. The number of hydrogen-bond donors (Lipinski definition) is 0. The van der Waals surface area contributed by atoms with E-state index in [4.69, 9.17) is 0 Å². The summed E-state index contributed by atoms with van der Waals surface area (Å²) in [5, 5.41) is 1.53. The van der Waals surface area contributed by atoms with Gasteiger partial charge in [-0.2, -0.15) is 10.6 Å². The van der Waals surface area contributed by atoms with Crippen LogP contribution in [-0.4, -0.2) is 0 Å². The van der Waals surface area contributed by atoms with Crippen LogP contribution >= 0.6 is 0 Å². The second-order valence-electron chi connectivity index (χ2n) is 1.05. The summed E-state index contributed by atoms with van der Waals surface area (Å²) < 4.78 is 13.8. The average molecular weight is 114 g/mol. The summed E-state index contributed by atoms with van der Waals surface area (Å²) in [7, 11) is -1.08. The van der Waals surface area contributed by atoms with E-state index in [0.29, 0.717) is 0 Å². The van der Waals surface area contributed by atoms with Gasteiger partial charge in [0.05, 0.1) is 0 Å². The van der Waals surface area contributed by atoms with Gasteiger partial charge in [-0.15, -0.1) is 5.41 Å². The first-order chi connectivity index (χ1) is 3.39. The molecule has 2 nitrogen and oxygen atoms in total. The van der Waals surface area contributed by atoms with Crippen molar-refractivity contribution in [3.8, 4) is 0 Å². The fourth-order valence-corrected chi connectivity index (χ4v) is 0.778. The van der Waals surface area contributed by atoms with Crippen molar-refractivity contribution < 1.29 is 4.21 Å². The molecule has 1 aliphatic heterocycles. The molecule has 0 N–H and O–H groups in total. The molecule has 0 unspecified atom stereocenters. The van der Waals surface area contributed by atoms with Gasteiger partial charge in [0.25, 0.3) is 0 Å². The fourth-order valence-electron chi connectivity index (χ4n) is 0.293. The highest BCUT2D eigenvalue weighted by atomic mass is 32.2. The Bertz CT molecular complexity index is 186. The van der Waals surface area contributed by atoms with E-state index in [1.54, 1.807) is 12.2 Å². The Balaban J connectivity index is 3.04. The highest BCUT2D eigenvalue weighted by molar-refractivity contribution is 7.78. The molecule has 0 bridgehead atoms. The first kappa shape index (κ1) is 4.59. The van der Waals surface area contributed by atoms with Gasteiger partial charge in [-0.05, 0) is 12.3 Å².